The van der Waals surface area contributed by atoms with E-state index in [1.807, 2.05) is 0 Å². The molecule has 0 radical (unpaired) electrons. The molecule has 1 aromatic carbocycles. The third-order valence-electron chi connectivity index (χ3n) is 2.74. The van der Waals surface area contributed by atoms with E-state index < -0.39 is 0 Å². The van der Waals surface area contributed by atoms with E-state index in [-0.39, 0.29) is 28.3 Å². The lowest BCUT2D eigenvalue weighted by Crippen LogP contribution is -2.27. The minimum atomic E-state index is -0.340. The van der Waals surface area contributed by atoms with Crippen LogP contribution in [0.1, 0.15) is 15.9 Å². The van der Waals surface area contributed by atoms with Crippen LogP contribution >= 0.6 is 46.4 Å². The van der Waals surface area contributed by atoms with Crippen LogP contribution in [0.15, 0.2) is 24.3 Å². The van der Waals surface area contributed by atoms with Gasteiger partial charge in [0.1, 0.15) is 0 Å². The predicted octanol–water partition coefficient (Wildman–Crippen LogP) is 4.36. The first-order chi connectivity index (χ1) is 9.90. The topological polar surface area (TPSA) is 46.1 Å². The van der Waals surface area contributed by atoms with Gasteiger partial charge in [0.2, 0.25) is 0 Å². The van der Waals surface area contributed by atoms with Gasteiger partial charge in [-0.05, 0) is 17.7 Å². The standard InChI is InChI=1S/C13H9Cl4N3O/c1-20(6-7-3-2-4-9(14)11(7)16)13(21)8-5-10(15)18-19-12(8)17/h2-5H,6H2,1H3. The normalized spacial score (nSPS) is 10.5. The number of hydrogen-bond acceptors (Lipinski definition) is 3. The van der Waals surface area contributed by atoms with Crippen molar-refractivity contribution < 1.29 is 4.79 Å². The Morgan fingerprint density at radius 1 is 1.19 bits per heavy atom. The number of carbonyl (C=O) groups excluding carboxylic acids is 1. The Balaban J connectivity index is 2.24. The van der Waals surface area contributed by atoms with E-state index in [9.17, 15) is 4.79 Å². The lowest BCUT2D eigenvalue weighted by atomic mass is 10.2. The van der Waals surface area contributed by atoms with Gasteiger partial charge >= 0.3 is 0 Å². The van der Waals surface area contributed by atoms with E-state index in [0.717, 1.165) is 5.56 Å². The molecule has 0 N–H and O–H groups in total. The van der Waals surface area contributed by atoms with Crippen molar-refractivity contribution >= 4 is 52.3 Å². The van der Waals surface area contributed by atoms with E-state index >= 15 is 0 Å². The molecule has 0 aliphatic carbocycles. The third kappa shape index (κ3) is 3.77. The summed E-state index contributed by atoms with van der Waals surface area (Å²) in [5.74, 6) is -0.340. The van der Waals surface area contributed by atoms with Gasteiger partial charge in [-0.2, -0.15) is 0 Å². The number of benzene rings is 1. The molecule has 1 amide bonds. The van der Waals surface area contributed by atoms with Gasteiger partial charge in [-0.3, -0.25) is 4.79 Å². The summed E-state index contributed by atoms with van der Waals surface area (Å²) in [6.45, 7) is 0.272. The molecular weight excluding hydrogens is 356 g/mol. The maximum atomic E-state index is 12.4. The summed E-state index contributed by atoms with van der Waals surface area (Å²) in [5, 5.41) is 8.11. The molecule has 0 saturated carbocycles. The van der Waals surface area contributed by atoms with E-state index in [4.69, 9.17) is 46.4 Å². The molecule has 21 heavy (non-hydrogen) atoms. The fourth-order valence-corrected chi connectivity index (χ4v) is 2.41. The summed E-state index contributed by atoms with van der Waals surface area (Å²) in [7, 11) is 1.62. The van der Waals surface area contributed by atoms with Crippen LogP contribution in [0.5, 0.6) is 0 Å². The second-order valence-corrected chi connectivity index (χ2v) is 5.78. The van der Waals surface area contributed by atoms with Crippen molar-refractivity contribution in [2.75, 3.05) is 7.05 Å². The van der Waals surface area contributed by atoms with Crippen LogP contribution in [0.4, 0.5) is 0 Å². The largest absolute Gasteiger partial charge is 0.337 e. The van der Waals surface area contributed by atoms with Crippen molar-refractivity contribution in [3.63, 3.8) is 0 Å². The van der Waals surface area contributed by atoms with Gasteiger partial charge in [0.15, 0.2) is 10.3 Å². The Morgan fingerprint density at radius 3 is 2.62 bits per heavy atom. The molecule has 1 aromatic heterocycles. The maximum absolute atomic E-state index is 12.4. The molecule has 2 aromatic rings. The second kappa shape index (κ2) is 6.79. The zero-order valence-electron chi connectivity index (χ0n) is 10.8. The van der Waals surface area contributed by atoms with Crippen molar-refractivity contribution in [1.82, 2.24) is 15.1 Å². The first-order valence-corrected chi connectivity index (χ1v) is 7.28. The lowest BCUT2D eigenvalue weighted by molar-refractivity contribution is 0.0784. The Morgan fingerprint density at radius 2 is 1.90 bits per heavy atom. The predicted molar refractivity (Wildman–Crippen MR) is 84.3 cm³/mol. The van der Waals surface area contributed by atoms with Gasteiger partial charge in [-0.25, -0.2) is 0 Å². The summed E-state index contributed by atoms with van der Waals surface area (Å²) in [6.07, 6.45) is 0. The average Bonchev–Trinajstić information content (AvgIpc) is 2.45. The van der Waals surface area contributed by atoms with E-state index in [0.29, 0.717) is 10.0 Å². The van der Waals surface area contributed by atoms with Gasteiger partial charge in [0.05, 0.1) is 15.6 Å². The molecule has 0 saturated heterocycles. The second-order valence-electron chi connectivity index (χ2n) is 4.25. The van der Waals surface area contributed by atoms with Crippen LogP contribution in [0, 0.1) is 0 Å². The zero-order valence-corrected chi connectivity index (χ0v) is 13.8. The molecule has 0 bridgehead atoms. The number of nitrogens with zero attached hydrogens (tertiary/aromatic N) is 3. The van der Waals surface area contributed by atoms with Crippen LogP contribution in [-0.2, 0) is 6.54 Å². The minimum Gasteiger partial charge on any atom is -0.337 e. The van der Waals surface area contributed by atoms with Crippen LogP contribution in [0.3, 0.4) is 0 Å². The molecule has 0 spiro atoms. The third-order valence-corrected chi connectivity index (χ3v) is 4.06. The first kappa shape index (κ1) is 16.3. The number of rotatable bonds is 3. The number of hydrogen-bond donors (Lipinski definition) is 0. The molecule has 0 atom stereocenters. The van der Waals surface area contributed by atoms with Gasteiger partial charge in [0.25, 0.3) is 5.91 Å². The molecule has 0 unspecified atom stereocenters. The van der Waals surface area contributed by atoms with Gasteiger partial charge in [-0.1, -0.05) is 58.5 Å². The van der Waals surface area contributed by atoms with Crippen molar-refractivity contribution in [3.8, 4) is 0 Å². The van der Waals surface area contributed by atoms with Gasteiger partial charge in [-0.15, -0.1) is 10.2 Å². The highest BCUT2D eigenvalue weighted by Gasteiger charge is 2.18. The molecule has 0 fully saturated rings. The lowest BCUT2D eigenvalue weighted by Gasteiger charge is -2.18. The SMILES string of the molecule is CN(Cc1cccc(Cl)c1Cl)C(=O)c1cc(Cl)nnc1Cl. The highest BCUT2D eigenvalue weighted by Crippen LogP contribution is 2.27. The Bertz CT molecular complexity index is 693. The zero-order chi connectivity index (χ0) is 15.6. The molecule has 1 heterocycles. The summed E-state index contributed by atoms with van der Waals surface area (Å²) < 4.78 is 0. The number of carbonyl (C=O) groups is 1. The number of halogens is 4. The van der Waals surface area contributed by atoms with Gasteiger partial charge < -0.3 is 4.90 Å². The van der Waals surface area contributed by atoms with Crippen molar-refractivity contribution in [2.24, 2.45) is 0 Å². The molecule has 110 valence electrons. The van der Waals surface area contributed by atoms with Crippen LogP contribution in [0.25, 0.3) is 0 Å². The Kier molecular flexibility index (Phi) is 5.27. The van der Waals surface area contributed by atoms with E-state index in [2.05, 4.69) is 10.2 Å². The molecule has 8 heteroatoms. The Hall–Kier alpha value is -1.07. The molecule has 4 nitrogen and oxygen atoms in total. The summed E-state index contributed by atoms with van der Waals surface area (Å²) in [6, 6.07) is 6.60. The highest BCUT2D eigenvalue weighted by atomic mass is 35.5. The summed E-state index contributed by atoms with van der Waals surface area (Å²) in [5.41, 5.74) is 0.904. The molecule has 0 aliphatic heterocycles. The minimum absolute atomic E-state index is 0.00607. The monoisotopic (exact) mass is 363 g/mol. The molecule has 2 rings (SSSR count). The smallest absolute Gasteiger partial charge is 0.257 e. The molecular formula is C13H9Cl4N3O. The number of aromatic nitrogens is 2. The summed E-state index contributed by atoms with van der Waals surface area (Å²) in [4.78, 5) is 13.8. The fraction of sp³-hybridized carbons (Fsp3) is 0.154. The van der Waals surface area contributed by atoms with Crippen molar-refractivity contribution in [1.29, 1.82) is 0 Å². The van der Waals surface area contributed by atoms with Crippen molar-refractivity contribution in [3.05, 3.63) is 55.7 Å². The first-order valence-electron chi connectivity index (χ1n) is 5.77. The van der Waals surface area contributed by atoms with Crippen molar-refractivity contribution in [2.45, 2.75) is 6.54 Å². The maximum Gasteiger partial charge on any atom is 0.257 e. The summed E-state index contributed by atoms with van der Waals surface area (Å²) >= 11 is 23.7. The average molecular weight is 365 g/mol. The van der Waals surface area contributed by atoms with Crippen LogP contribution in [0.2, 0.25) is 20.4 Å². The molecule has 0 aliphatic rings. The van der Waals surface area contributed by atoms with Gasteiger partial charge in [0, 0.05) is 13.6 Å². The van der Waals surface area contributed by atoms with Crippen LogP contribution < -0.4 is 0 Å². The van der Waals surface area contributed by atoms with E-state index in [1.165, 1.54) is 11.0 Å². The highest BCUT2D eigenvalue weighted by molar-refractivity contribution is 6.42. The number of amides is 1. The Labute approximate surface area is 141 Å². The quantitative estimate of drug-likeness (QED) is 0.812. The van der Waals surface area contributed by atoms with E-state index in [1.54, 1.807) is 25.2 Å². The fourth-order valence-electron chi connectivity index (χ4n) is 1.71. The van der Waals surface area contributed by atoms with Crippen LogP contribution in [-0.4, -0.2) is 28.1 Å².